The lowest BCUT2D eigenvalue weighted by Crippen LogP contribution is -2.36. The van der Waals surface area contributed by atoms with Crippen LogP contribution in [0.1, 0.15) is 29.9 Å². The first-order chi connectivity index (χ1) is 11.0. The van der Waals surface area contributed by atoms with Crippen LogP contribution in [-0.4, -0.2) is 31.7 Å². The van der Waals surface area contributed by atoms with Gasteiger partial charge in [-0.15, -0.1) is 0 Å². The van der Waals surface area contributed by atoms with E-state index in [2.05, 4.69) is 15.4 Å². The Morgan fingerprint density at radius 2 is 1.92 bits per heavy atom. The summed E-state index contributed by atoms with van der Waals surface area (Å²) >= 11 is 0. The molecule has 2 aromatic heterocycles. The van der Waals surface area contributed by atoms with E-state index in [-0.39, 0.29) is 5.82 Å². The van der Waals surface area contributed by atoms with Gasteiger partial charge in [-0.1, -0.05) is 0 Å². The zero-order valence-corrected chi connectivity index (χ0v) is 12.6. The van der Waals surface area contributed by atoms with E-state index >= 15 is 0 Å². The maximum absolute atomic E-state index is 12.9. The fourth-order valence-corrected chi connectivity index (χ4v) is 1.79. The molecule has 2 heterocycles. The molecule has 2 rings (SSSR count). The van der Waals surface area contributed by atoms with Crippen molar-refractivity contribution in [1.29, 1.82) is 0 Å². The van der Waals surface area contributed by atoms with Crippen molar-refractivity contribution in [2.75, 3.05) is 5.32 Å². The van der Waals surface area contributed by atoms with Crippen molar-refractivity contribution < 1.29 is 27.9 Å². The number of pyridine rings is 1. The Morgan fingerprint density at radius 3 is 2.50 bits per heavy atom. The van der Waals surface area contributed by atoms with Gasteiger partial charge in [0.1, 0.15) is 5.69 Å². The van der Waals surface area contributed by atoms with E-state index in [4.69, 9.17) is 5.11 Å². The Kier molecular flexibility index (Phi) is 4.32. The molecule has 0 saturated heterocycles. The van der Waals surface area contributed by atoms with Gasteiger partial charge in [-0.05, 0) is 26.0 Å². The van der Waals surface area contributed by atoms with Crippen LogP contribution in [0, 0.1) is 0 Å². The summed E-state index contributed by atoms with van der Waals surface area (Å²) in [5, 5.41) is 15.1. The number of anilines is 1. The predicted octanol–water partition coefficient (Wildman–Crippen LogP) is 2.37. The molecule has 2 N–H and O–H groups in total. The summed E-state index contributed by atoms with van der Waals surface area (Å²) in [5.41, 5.74) is -3.35. The molecular weight excluding hydrogens is 329 g/mol. The van der Waals surface area contributed by atoms with E-state index < -0.39 is 34.8 Å². The standard InChI is InChI=1S/C14H13F3N4O3/c1-13(2,12(23)24)21-7-5-9(20-21)19-11(22)10-8(14(15,16)17)4-3-6-18-10/h3-7H,1-2H3,(H,23,24)(H,19,20,22). The smallest absolute Gasteiger partial charge is 0.418 e. The number of rotatable bonds is 4. The fraction of sp³-hybridized carbons (Fsp3) is 0.286. The molecule has 0 saturated carbocycles. The lowest BCUT2D eigenvalue weighted by atomic mass is 10.1. The number of carboxylic acids is 1. The van der Waals surface area contributed by atoms with Crippen molar-refractivity contribution in [2.45, 2.75) is 25.6 Å². The van der Waals surface area contributed by atoms with E-state index in [9.17, 15) is 22.8 Å². The molecule has 2 aromatic rings. The number of carbonyl (C=O) groups excluding carboxylic acids is 1. The van der Waals surface area contributed by atoms with Crippen LogP contribution in [0.2, 0.25) is 0 Å². The first-order valence-corrected chi connectivity index (χ1v) is 6.66. The van der Waals surface area contributed by atoms with E-state index in [1.165, 1.54) is 26.1 Å². The summed E-state index contributed by atoms with van der Waals surface area (Å²) in [6.45, 7) is 2.77. The van der Waals surface area contributed by atoms with E-state index in [1.54, 1.807) is 0 Å². The SMILES string of the molecule is CC(C)(C(=O)O)n1ccc(NC(=O)c2ncccc2C(F)(F)F)n1. The lowest BCUT2D eigenvalue weighted by Gasteiger charge is -2.19. The number of carbonyl (C=O) groups is 2. The third-order valence-corrected chi connectivity index (χ3v) is 3.25. The molecule has 0 bridgehead atoms. The summed E-state index contributed by atoms with van der Waals surface area (Å²) in [4.78, 5) is 26.6. The molecule has 10 heteroatoms. The van der Waals surface area contributed by atoms with Crippen molar-refractivity contribution in [1.82, 2.24) is 14.8 Å². The first kappa shape index (κ1) is 17.4. The Hall–Kier alpha value is -2.91. The number of hydrogen-bond donors (Lipinski definition) is 2. The van der Waals surface area contributed by atoms with Crippen LogP contribution < -0.4 is 5.32 Å². The van der Waals surface area contributed by atoms with Gasteiger partial charge in [0.15, 0.2) is 11.4 Å². The molecule has 0 fully saturated rings. The lowest BCUT2D eigenvalue weighted by molar-refractivity contribution is -0.146. The van der Waals surface area contributed by atoms with Gasteiger partial charge in [-0.25, -0.2) is 4.79 Å². The molecule has 0 atom stereocenters. The van der Waals surface area contributed by atoms with Crippen LogP contribution in [0.4, 0.5) is 19.0 Å². The molecule has 0 radical (unpaired) electrons. The molecule has 0 aromatic carbocycles. The summed E-state index contributed by atoms with van der Waals surface area (Å²) in [6.07, 6.45) is -2.37. The van der Waals surface area contributed by atoms with Gasteiger partial charge in [-0.3, -0.25) is 14.5 Å². The molecule has 1 amide bonds. The minimum Gasteiger partial charge on any atom is -0.479 e. The third kappa shape index (κ3) is 3.36. The second-order valence-electron chi connectivity index (χ2n) is 5.36. The van der Waals surface area contributed by atoms with Gasteiger partial charge in [0.25, 0.3) is 5.91 Å². The first-order valence-electron chi connectivity index (χ1n) is 6.66. The van der Waals surface area contributed by atoms with Crippen molar-refractivity contribution in [3.8, 4) is 0 Å². The second kappa shape index (κ2) is 5.95. The second-order valence-corrected chi connectivity index (χ2v) is 5.36. The van der Waals surface area contributed by atoms with Gasteiger partial charge in [-0.2, -0.15) is 18.3 Å². The van der Waals surface area contributed by atoms with Crippen molar-refractivity contribution in [2.24, 2.45) is 0 Å². The summed E-state index contributed by atoms with van der Waals surface area (Å²) in [7, 11) is 0. The number of aliphatic carboxylic acids is 1. The average molecular weight is 342 g/mol. The molecular formula is C14H13F3N4O3. The number of amides is 1. The van der Waals surface area contributed by atoms with Crippen LogP contribution >= 0.6 is 0 Å². The zero-order valence-electron chi connectivity index (χ0n) is 12.6. The highest BCUT2D eigenvalue weighted by atomic mass is 19.4. The van der Waals surface area contributed by atoms with Crippen LogP contribution in [0.25, 0.3) is 0 Å². The van der Waals surface area contributed by atoms with E-state index in [0.29, 0.717) is 0 Å². The molecule has 24 heavy (non-hydrogen) atoms. The highest BCUT2D eigenvalue weighted by Crippen LogP contribution is 2.31. The Morgan fingerprint density at radius 1 is 1.25 bits per heavy atom. The minimum atomic E-state index is -4.73. The van der Waals surface area contributed by atoms with Crippen LogP contribution in [0.3, 0.4) is 0 Å². The fourth-order valence-electron chi connectivity index (χ4n) is 1.79. The number of carboxylic acid groups (broad SMARTS) is 1. The summed E-state index contributed by atoms with van der Waals surface area (Å²) < 4.78 is 39.8. The maximum Gasteiger partial charge on any atom is 0.418 e. The van der Waals surface area contributed by atoms with Gasteiger partial charge >= 0.3 is 12.1 Å². The van der Waals surface area contributed by atoms with Gasteiger partial charge < -0.3 is 10.4 Å². The summed E-state index contributed by atoms with van der Waals surface area (Å²) in [5.74, 6) is -2.35. The van der Waals surface area contributed by atoms with Crippen molar-refractivity contribution >= 4 is 17.7 Å². The number of hydrogen-bond acceptors (Lipinski definition) is 4. The minimum absolute atomic E-state index is 0.0897. The average Bonchev–Trinajstić information content (AvgIpc) is 2.95. The monoisotopic (exact) mass is 342 g/mol. The largest absolute Gasteiger partial charge is 0.479 e. The normalized spacial score (nSPS) is 12.0. The van der Waals surface area contributed by atoms with Crippen LogP contribution in [-0.2, 0) is 16.5 Å². The van der Waals surface area contributed by atoms with E-state index in [1.807, 2.05) is 0 Å². The number of nitrogens with zero attached hydrogens (tertiary/aromatic N) is 3. The van der Waals surface area contributed by atoms with Crippen LogP contribution in [0.15, 0.2) is 30.6 Å². The highest BCUT2D eigenvalue weighted by Gasteiger charge is 2.36. The zero-order chi connectivity index (χ0) is 18.1. The van der Waals surface area contributed by atoms with Gasteiger partial charge in [0.2, 0.25) is 0 Å². The number of aromatic nitrogens is 3. The van der Waals surface area contributed by atoms with Gasteiger partial charge in [0, 0.05) is 18.5 Å². The number of alkyl halides is 3. The molecule has 7 nitrogen and oxygen atoms in total. The predicted molar refractivity (Wildman–Crippen MR) is 76.4 cm³/mol. The van der Waals surface area contributed by atoms with Crippen molar-refractivity contribution in [3.05, 3.63) is 41.9 Å². The van der Waals surface area contributed by atoms with Crippen LogP contribution in [0.5, 0.6) is 0 Å². The number of halogens is 3. The maximum atomic E-state index is 12.9. The van der Waals surface area contributed by atoms with Crippen molar-refractivity contribution in [3.63, 3.8) is 0 Å². The topological polar surface area (TPSA) is 97.1 Å². The highest BCUT2D eigenvalue weighted by molar-refractivity contribution is 6.03. The molecule has 0 aliphatic rings. The Labute approximate surface area is 134 Å². The molecule has 0 spiro atoms. The quantitative estimate of drug-likeness (QED) is 0.889. The van der Waals surface area contributed by atoms with E-state index in [0.717, 1.165) is 23.0 Å². The number of nitrogens with one attached hydrogen (secondary N) is 1. The molecule has 0 unspecified atom stereocenters. The molecule has 0 aliphatic heterocycles. The molecule has 128 valence electrons. The molecule has 0 aliphatic carbocycles. The summed E-state index contributed by atoms with van der Waals surface area (Å²) in [6, 6.07) is 3.09. The Bertz CT molecular complexity index is 784. The Balaban J connectivity index is 2.27. The third-order valence-electron chi connectivity index (χ3n) is 3.25. The van der Waals surface area contributed by atoms with Gasteiger partial charge in [0.05, 0.1) is 5.56 Å².